The molecular weight excluding hydrogens is 140 g/mol. The molecule has 0 bridgehead atoms. The minimum absolute atomic E-state index is 0.259. The lowest BCUT2D eigenvalue weighted by Gasteiger charge is -1.98. The minimum Gasteiger partial charge on any atom is -0.384 e. The predicted molar refractivity (Wildman–Crippen MR) is 45.5 cm³/mol. The SMILES string of the molecule is C=C(C)CCC(=O)CCOC. The van der Waals surface area contributed by atoms with E-state index in [0.717, 1.165) is 12.0 Å². The van der Waals surface area contributed by atoms with Crippen molar-refractivity contribution in [3.63, 3.8) is 0 Å². The second-order valence-corrected chi connectivity index (χ2v) is 2.74. The molecule has 0 radical (unpaired) electrons. The molecule has 0 atom stereocenters. The molecule has 0 aliphatic carbocycles. The number of hydrogen-bond acceptors (Lipinski definition) is 2. The fraction of sp³-hybridized carbons (Fsp3) is 0.667. The lowest BCUT2D eigenvalue weighted by atomic mass is 10.1. The van der Waals surface area contributed by atoms with Gasteiger partial charge in [0.2, 0.25) is 0 Å². The van der Waals surface area contributed by atoms with Crippen LogP contribution < -0.4 is 0 Å². The monoisotopic (exact) mass is 156 g/mol. The van der Waals surface area contributed by atoms with Crippen LogP contribution in [0.2, 0.25) is 0 Å². The van der Waals surface area contributed by atoms with Crippen LogP contribution in [0.15, 0.2) is 12.2 Å². The number of methoxy groups -OCH3 is 1. The summed E-state index contributed by atoms with van der Waals surface area (Å²) < 4.78 is 4.78. The normalized spacial score (nSPS) is 9.64. The second-order valence-electron chi connectivity index (χ2n) is 2.74. The van der Waals surface area contributed by atoms with Crippen molar-refractivity contribution in [3.05, 3.63) is 12.2 Å². The maximum Gasteiger partial charge on any atom is 0.135 e. The maximum atomic E-state index is 11.0. The van der Waals surface area contributed by atoms with E-state index in [1.165, 1.54) is 0 Å². The van der Waals surface area contributed by atoms with Crippen molar-refractivity contribution in [2.75, 3.05) is 13.7 Å². The van der Waals surface area contributed by atoms with Crippen LogP contribution in [0.25, 0.3) is 0 Å². The highest BCUT2D eigenvalue weighted by Gasteiger charge is 2.00. The number of ether oxygens (including phenoxy) is 1. The Labute approximate surface area is 68.2 Å². The van der Waals surface area contributed by atoms with Gasteiger partial charge in [-0.05, 0) is 13.3 Å². The van der Waals surface area contributed by atoms with Crippen molar-refractivity contribution < 1.29 is 9.53 Å². The molecule has 64 valence electrons. The Hall–Kier alpha value is -0.630. The largest absolute Gasteiger partial charge is 0.384 e. The number of Topliss-reactive ketones (excluding diaryl/α,β-unsaturated/α-hetero) is 1. The summed E-state index contributed by atoms with van der Waals surface area (Å²) in [6.07, 6.45) is 1.95. The maximum absolute atomic E-state index is 11.0. The van der Waals surface area contributed by atoms with E-state index >= 15 is 0 Å². The molecule has 0 saturated carbocycles. The lowest BCUT2D eigenvalue weighted by Crippen LogP contribution is -2.02. The topological polar surface area (TPSA) is 26.3 Å². The Morgan fingerprint density at radius 1 is 1.36 bits per heavy atom. The van der Waals surface area contributed by atoms with Gasteiger partial charge in [0.1, 0.15) is 5.78 Å². The highest BCUT2D eigenvalue weighted by molar-refractivity contribution is 5.78. The molecule has 2 nitrogen and oxygen atoms in total. The Balaban J connectivity index is 3.30. The molecule has 11 heavy (non-hydrogen) atoms. The van der Waals surface area contributed by atoms with E-state index in [1.54, 1.807) is 7.11 Å². The van der Waals surface area contributed by atoms with Gasteiger partial charge in [0.05, 0.1) is 6.61 Å². The Bertz CT molecular complexity index is 138. The third kappa shape index (κ3) is 7.26. The predicted octanol–water partition coefficient (Wildman–Crippen LogP) is 1.95. The quantitative estimate of drug-likeness (QED) is 0.549. The van der Waals surface area contributed by atoms with E-state index < -0.39 is 0 Å². The number of allylic oxidation sites excluding steroid dienone is 1. The number of rotatable bonds is 6. The fourth-order valence-electron chi connectivity index (χ4n) is 0.694. The summed E-state index contributed by atoms with van der Waals surface area (Å²) in [6, 6.07) is 0. The van der Waals surface area contributed by atoms with Crippen LogP contribution in [0, 0.1) is 0 Å². The van der Waals surface area contributed by atoms with Gasteiger partial charge in [0, 0.05) is 20.0 Å². The number of carbonyl (C=O) groups is 1. The zero-order chi connectivity index (χ0) is 8.69. The molecule has 0 aliphatic rings. The molecule has 0 heterocycles. The standard InChI is InChI=1S/C9H16O2/c1-8(2)4-5-9(10)6-7-11-3/h1,4-7H2,2-3H3. The molecule has 0 rings (SSSR count). The Kier molecular flexibility index (Phi) is 5.75. The Morgan fingerprint density at radius 3 is 2.45 bits per heavy atom. The summed E-state index contributed by atoms with van der Waals surface area (Å²) in [5, 5.41) is 0. The van der Waals surface area contributed by atoms with Crippen molar-refractivity contribution in [3.8, 4) is 0 Å². The molecule has 0 fully saturated rings. The molecule has 0 saturated heterocycles. The molecule has 0 aliphatic heterocycles. The lowest BCUT2D eigenvalue weighted by molar-refractivity contribution is -0.119. The number of carbonyl (C=O) groups excluding carboxylic acids is 1. The number of ketones is 1. The van der Waals surface area contributed by atoms with Gasteiger partial charge in [-0.25, -0.2) is 0 Å². The summed E-state index contributed by atoms with van der Waals surface area (Å²) in [6.45, 7) is 6.19. The third-order valence-electron chi connectivity index (χ3n) is 1.42. The molecule has 2 heteroatoms. The smallest absolute Gasteiger partial charge is 0.135 e. The average Bonchev–Trinajstić information content (AvgIpc) is 1.97. The highest BCUT2D eigenvalue weighted by atomic mass is 16.5. The van der Waals surface area contributed by atoms with Gasteiger partial charge in [-0.15, -0.1) is 6.58 Å². The van der Waals surface area contributed by atoms with Crippen LogP contribution >= 0.6 is 0 Å². The third-order valence-corrected chi connectivity index (χ3v) is 1.42. The van der Waals surface area contributed by atoms with E-state index in [2.05, 4.69) is 6.58 Å². The van der Waals surface area contributed by atoms with Gasteiger partial charge in [0.25, 0.3) is 0 Å². The van der Waals surface area contributed by atoms with Gasteiger partial charge in [-0.1, -0.05) is 5.57 Å². The van der Waals surface area contributed by atoms with E-state index in [4.69, 9.17) is 4.74 Å². The number of hydrogen-bond donors (Lipinski definition) is 0. The summed E-state index contributed by atoms with van der Waals surface area (Å²) >= 11 is 0. The van der Waals surface area contributed by atoms with Crippen molar-refractivity contribution in [2.24, 2.45) is 0 Å². The summed E-state index contributed by atoms with van der Waals surface area (Å²) in [7, 11) is 1.60. The van der Waals surface area contributed by atoms with Gasteiger partial charge in [-0.2, -0.15) is 0 Å². The summed E-state index contributed by atoms with van der Waals surface area (Å²) in [4.78, 5) is 11.0. The molecule has 0 N–H and O–H groups in total. The highest BCUT2D eigenvalue weighted by Crippen LogP contribution is 2.02. The van der Waals surface area contributed by atoms with Crippen molar-refractivity contribution in [1.29, 1.82) is 0 Å². The summed E-state index contributed by atoms with van der Waals surface area (Å²) in [5.74, 6) is 0.259. The first-order chi connectivity index (χ1) is 5.16. The molecular formula is C9H16O2. The minimum atomic E-state index is 0.259. The molecule has 0 unspecified atom stereocenters. The Morgan fingerprint density at radius 2 is 2.00 bits per heavy atom. The van der Waals surface area contributed by atoms with E-state index in [9.17, 15) is 4.79 Å². The van der Waals surface area contributed by atoms with Crippen molar-refractivity contribution in [2.45, 2.75) is 26.2 Å². The van der Waals surface area contributed by atoms with Crippen LogP contribution in [0.5, 0.6) is 0 Å². The zero-order valence-electron chi connectivity index (χ0n) is 7.35. The van der Waals surface area contributed by atoms with Crippen LogP contribution in [0.4, 0.5) is 0 Å². The van der Waals surface area contributed by atoms with E-state index in [1.807, 2.05) is 6.92 Å². The fourth-order valence-corrected chi connectivity index (χ4v) is 0.694. The van der Waals surface area contributed by atoms with Gasteiger partial charge in [0.15, 0.2) is 0 Å². The van der Waals surface area contributed by atoms with Crippen LogP contribution in [0.1, 0.15) is 26.2 Å². The molecule has 0 aromatic rings. The van der Waals surface area contributed by atoms with Crippen molar-refractivity contribution in [1.82, 2.24) is 0 Å². The average molecular weight is 156 g/mol. The molecule has 0 aromatic heterocycles. The second kappa shape index (κ2) is 6.10. The van der Waals surface area contributed by atoms with E-state index in [0.29, 0.717) is 19.4 Å². The zero-order valence-corrected chi connectivity index (χ0v) is 7.35. The van der Waals surface area contributed by atoms with Crippen molar-refractivity contribution >= 4 is 5.78 Å². The molecule has 0 aromatic carbocycles. The molecule has 0 amide bonds. The van der Waals surface area contributed by atoms with E-state index in [-0.39, 0.29) is 5.78 Å². The van der Waals surface area contributed by atoms with Crippen LogP contribution in [-0.4, -0.2) is 19.5 Å². The molecule has 0 spiro atoms. The van der Waals surface area contributed by atoms with Gasteiger partial charge < -0.3 is 4.74 Å². The first kappa shape index (κ1) is 10.4. The van der Waals surface area contributed by atoms with Gasteiger partial charge in [-0.3, -0.25) is 4.79 Å². The first-order valence-electron chi connectivity index (χ1n) is 3.82. The first-order valence-corrected chi connectivity index (χ1v) is 3.82. The van der Waals surface area contributed by atoms with Crippen LogP contribution in [-0.2, 0) is 9.53 Å². The van der Waals surface area contributed by atoms with Gasteiger partial charge >= 0.3 is 0 Å². The summed E-state index contributed by atoms with van der Waals surface area (Å²) in [5.41, 5.74) is 1.07. The van der Waals surface area contributed by atoms with Crippen LogP contribution in [0.3, 0.4) is 0 Å².